The highest BCUT2D eigenvalue weighted by Crippen LogP contribution is 2.21. The molecule has 51 heavy (non-hydrogen) atoms. The fourth-order valence-electron chi connectivity index (χ4n) is 6.67. The quantitative estimate of drug-likeness (QED) is 0.0514. The molecule has 0 saturated carbocycles. The van der Waals surface area contributed by atoms with Crippen LogP contribution in [0.25, 0.3) is 0 Å². The summed E-state index contributed by atoms with van der Waals surface area (Å²) in [4.78, 5) is 14.9. The number of ether oxygens (including phenoxy) is 2. The Labute approximate surface area is 317 Å². The Morgan fingerprint density at radius 1 is 0.510 bits per heavy atom. The van der Waals surface area contributed by atoms with Gasteiger partial charge in [0.2, 0.25) is 5.91 Å². The molecule has 0 aromatic rings. The molecule has 1 rings (SSSR count). The first kappa shape index (κ1) is 47.3. The van der Waals surface area contributed by atoms with Gasteiger partial charge in [0, 0.05) is 32.7 Å². The molecule has 0 aromatic heterocycles. The van der Waals surface area contributed by atoms with E-state index in [0.717, 1.165) is 58.2 Å². The van der Waals surface area contributed by atoms with E-state index in [4.69, 9.17) is 15.2 Å². The molecule has 0 spiro atoms. The number of likely N-dealkylation sites (tertiary alicyclic amines) is 1. The second-order valence-corrected chi connectivity index (χ2v) is 14.9. The number of unbranched alkanes of at least 4 members (excludes halogenated alkanes) is 20. The monoisotopic (exact) mass is 713 g/mol. The van der Waals surface area contributed by atoms with Crippen LogP contribution >= 0.6 is 0 Å². The third kappa shape index (κ3) is 30.5. The maximum Gasteiger partial charge on any atom is 0.222 e. The second kappa shape index (κ2) is 38.0. The van der Waals surface area contributed by atoms with E-state index in [1.807, 2.05) is 4.90 Å². The number of rotatable bonds is 37. The van der Waals surface area contributed by atoms with Gasteiger partial charge in [-0.3, -0.25) is 4.79 Å². The van der Waals surface area contributed by atoms with Crippen molar-refractivity contribution in [1.29, 1.82) is 0 Å². The third-order valence-electron chi connectivity index (χ3n) is 10.0. The molecular weight excluding hydrogens is 629 g/mol. The summed E-state index contributed by atoms with van der Waals surface area (Å²) < 4.78 is 12.8. The van der Waals surface area contributed by atoms with Gasteiger partial charge < -0.3 is 20.1 Å². The minimum absolute atomic E-state index is 0.000526. The summed E-state index contributed by atoms with van der Waals surface area (Å²) >= 11 is 0. The van der Waals surface area contributed by atoms with E-state index in [1.165, 1.54) is 128 Å². The van der Waals surface area contributed by atoms with Crippen molar-refractivity contribution >= 4 is 5.91 Å². The standard InChI is InChI=1S/C46H84N2O3/c1-3-5-7-9-11-13-15-17-19-21-23-25-27-29-31-36-40-50-44-42-48(46(49)38-34-33-35-39-47)43-45(44)51-41-37-32-30-28-26-24-22-20-18-16-14-12-10-8-6-4-2/h11-14,17-20,44-45H,3-10,15-16,21-43,47H2,1-2H3/b13-11+,14-12+,19-17+,20-18+/t44-,45-/m1/s1. The average Bonchev–Trinajstić information content (AvgIpc) is 3.55. The number of hydrogen-bond acceptors (Lipinski definition) is 4. The highest BCUT2D eigenvalue weighted by molar-refractivity contribution is 5.76. The molecule has 5 heteroatoms. The maximum absolute atomic E-state index is 12.9. The molecular formula is C46H84N2O3. The first-order valence-electron chi connectivity index (χ1n) is 22.0. The number of carbonyl (C=O) groups is 1. The van der Waals surface area contributed by atoms with Crippen LogP contribution in [0.15, 0.2) is 48.6 Å². The van der Waals surface area contributed by atoms with Gasteiger partial charge in [-0.25, -0.2) is 0 Å². The topological polar surface area (TPSA) is 64.8 Å². The smallest absolute Gasteiger partial charge is 0.222 e. The lowest BCUT2D eigenvalue weighted by molar-refractivity contribution is -0.131. The fraction of sp³-hybridized carbons (Fsp3) is 0.804. The summed E-state index contributed by atoms with van der Waals surface area (Å²) in [6.45, 7) is 8.10. The van der Waals surface area contributed by atoms with Crippen LogP contribution in [0.5, 0.6) is 0 Å². The largest absolute Gasteiger partial charge is 0.374 e. The normalized spacial score (nSPS) is 16.7. The zero-order valence-electron chi connectivity index (χ0n) is 33.9. The van der Waals surface area contributed by atoms with E-state index in [-0.39, 0.29) is 18.1 Å². The van der Waals surface area contributed by atoms with Gasteiger partial charge in [0.05, 0.1) is 0 Å². The van der Waals surface area contributed by atoms with Gasteiger partial charge in [0.25, 0.3) is 0 Å². The summed E-state index contributed by atoms with van der Waals surface area (Å²) in [5, 5.41) is 0. The third-order valence-corrected chi connectivity index (χ3v) is 10.0. The molecule has 2 N–H and O–H groups in total. The molecule has 1 saturated heterocycles. The van der Waals surface area contributed by atoms with Crippen molar-refractivity contribution in [2.75, 3.05) is 32.8 Å². The van der Waals surface area contributed by atoms with Crippen molar-refractivity contribution in [1.82, 2.24) is 4.90 Å². The molecule has 0 radical (unpaired) electrons. The van der Waals surface area contributed by atoms with Crippen LogP contribution < -0.4 is 5.73 Å². The average molecular weight is 713 g/mol. The van der Waals surface area contributed by atoms with E-state index >= 15 is 0 Å². The summed E-state index contributed by atoms with van der Waals surface area (Å²) in [5.74, 6) is 0.245. The van der Waals surface area contributed by atoms with Crippen LogP contribution in [-0.4, -0.2) is 55.9 Å². The molecule has 2 atom stereocenters. The predicted molar refractivity (Wildman–Crippen MR) is 222 cm³/mol. The molecule has 5 nitrogen and oxygen atoms in total. The molecule has 0 aromatic carbocycles. The van der Waals surface area contributed by atoms with E-state index in [9.17, 15) is 4.79 Å². The van der Waals surface area contributed by atoms with Crippen molar-refractivity contribution in [3.8, 4) is 0 Å². The summed E-state index contributed by atoms with van der Waals surface area (Å²) in [6.07, 6.45) is 52.2. The van der Waals surface area contributed by atoms with Crippen LogP contribution in [0.1, 0.15) is 194 Å². The molecule has 1 aliphatic rings. The summed E-state index contributed by atoms with van der Waals surface area (Å²) in [7, 11) is 0. The van der Waals surface area contributed by atoms with Gasteiger partial charge in [-0.05, 0) is 96.4 Å². The lowest BCUT2D eigenvalue weighted by Crippen LogP contribution is -2.30. The maximum atomic E-state index is 12.9. The van der Waals surface area contributed by atoms with E-state index in [1.54, 1.807) is 0 Å². The predicted octanol–water partition coefficient (Wildman–Crippen LogP) is 12.7. The second-order valence-electron chi connectivity index (χ2n) is 14.9. The molecule has 1 heterocycles. The van der Waals surface area contributed by atoms with Gasteiger partial charge in [-0.1, -0.05) is 146 Å². The van der Waals surface area contributed by atoms with Crippen molar-refractivity contribution in [2.24, 2.45) is 5.73 Å². The molecule has 1 fully saturated rings. The molecule has 0 bridgehead atoms. The zero-order chi connectivity index (χ0) is 36.7. The van der Waals surface area contributed by atoms with Crippen LogP contribution in [0, 0.1) is 0 Å². The first-order valence-corrected chi connectivity index (χ1v) is 22.0. The van der Waals surface area contributed by atoms with E-state index < -0.39 is 0 Å². The van der Waals surface area contributed by atoms with Gasteiger partial charge in [0.1, 0.15) is 12.2 Å². The van der Waals surface area contributed by atoms with Crippen LogP contribution in [-0.2, 0) is 14.3 Å². The fourth-order valence-corrected chi connectivity index (χ4v) is 6.67. The van der Waals surface area contributed by atoms with Crippen LogP contribution in [0.3, 0.4) is 0 Å². The Morgan fingerprint density at radius 2 is 0.882 bits per heavy atom. The van der Waals surface area contributed by atoms with Crippen molar-refractivity contribution in [2.45, 2.75) is 206 Å². The Hall–Kier alpha value is -1.69. The van der Waals surface area contributed by atoms with E-state index in [2.05, 4.69) is 62.5 Å². The van der Waals surface area contributed by atoms with Crippen molar-refractivity contribution in [3.05, 3.63) is 48.6 Å². The Balaban J connectivity index is 2.18. The van der Waals surface area contributed by atoms with Gasteiger partial charge in [0.15, 0.2) is 0 Å². The Morgan fingerprint density at radius 3 is 1.29 bits per heavy atom. The van der Waals surface area contributed by atoms with Crippen LogP contribution in [0.4, 0.5) is 0 Å². The number of nitrogens with zero attached hydrogens (tertiary/aromatic N) is 1. The first-order chi connectivity index (χ1) is 25.2. The summed E-state index contributed by atoms with van der Waals surface area (Å²) in [6, 6.07) is 0. The molecule has 1 aliphatic heterocycles. The van der Waals surface area contributed by atoms with Gasteiger partial charge >= 0.3 is 0 Å². The minimum atomic E-state index is 0.000526. The zero-order valence-corrected chi connectivity index (χ0v) is 33.9. The number of carbonyl (C=O) groups excluding carboxylic acids is 1. The Bertz CT molecular complexity index is 809. The Kier molecular flexibility index (Phi) is 35.3. The SMILES string of the molecule is CCCCC/C=C/C/C=C/CCCCCCCCO[C@@H]1CN(C(=O)CCCCCN)C[C@H]1OCCCCCCCC/C=C/C/C=C/CCCCC. The molecule has 1 amide bonds. The highest BCUT2D eigenvalue weighted by atomic mass is 16.5. The lowest BCUT2D eigenvalue weighted by Gasteiger charge is -2.19. The van der Waals surface area contributed by atoms with Gasteiger partial charge in [-0.2, -0.15) is 0 Å². The van der Waals surface area contributed by atoms with Crippen molar-refractivity contribution < 1.29 is 14.3 Å². The number of nitrogens with two attached hydrogens (primary N) is 1. The molecule has 296 valence electrons. The van der Waals surface area contributed by atoms with Crippen LogP contribution in [0.2, 0.25) is 0 Å². The summed E-state index contributed by atoms with van der Waals surface area (Å²) in [5.41, 5.74) is 5.64. The number of amides is 1. The van der Waals surface area contributed by atoms with Gasteiger partial charge in [-0.15, -0.1) is 0 Å². The minimum Gasteiger partial charge on any atom is -0.374 e. The number of allylic oxidation sites excluding steroid dienone is 8. The molecule has 0 aliphatic carbocycles. The highest BCUT2D eigenvalue weighted by Gasteiger charge is 2.36. The van der Waals surface area contributed by atoms with E-state index in [0.29, 0.717) is 26.1 Å². The van der Waals surface area contributed by atoms with Crippen molar-refractivity contribution in [3.63, 3.8) is 0 Å². The molecule has 0 unspecified atom stereocenters. The number of hydrogen-bond donors (Lipinski definition) is 1. The lowest BCUT2D eigenvalue weighted by atomic mass is 10.1.